The molecule has 0 spiro atoms. The first-order valence-corrected chi connectivity index (χ1v) is 6.06. The summed E-state index contributed by atoms with van der Waals surface area (Å²) in [5.74, 6) is 2.54. The second kappa shape index (κ2) is 6.77. The van der Waals surface area contributed by atoms with E-state index in [0.29, 0.717) is 11.3 Å². The highest BCUT2D eigenvalue weighted by molar-refractivity contribution is 8.00. The van der Waals surface area contributed by atoms with Crippen molar-refractivity contribution in [2.75, 3.05) is 12.3 Å². The number of thioether (sulfide) groups is 1. The number of rotatable bonds is 5. The van der Waals surface area contributed by atoms with Crippen LogP contribution in [0.2, 0.25) is 0 Å². The predicted molar refractivity (Wildman–Crippen MR) is 69.0 cm³/mol. The molecule has 0 saturated heterocycles. The van der Waals surface area contributed by atoms with Crippen molar-refractivity contribution in [2.45, 2.75) is 11.8 Å². The van der Waals surface area contributed by atoms with Gasteiger partial charge in [0.25, 0.3) is 0 Å². The van der Waals surface area contributed by atoms with E-state index in [0.717, 1.165) is 4.90 Å². The summed E-state index contributed by atoms with van der Waals surface area (Å²) in [5, 5.41) is 2.58. The number of carbonyl (C=O) groups is 2. The summed E-state index contributed by atoms with van der Waals surface area (Å²) >= 11 is 1.38. The average Bonchev–Trinajstić information content (AvgIpc) is 2.34. The van der Waals surface area contributed by atoms with Crippen molar-refractivity contribution in [3.8, 4) is 12.3 Å². The number of amides is 1. The molecule has 17 heavy (non-hydrogen) atoms. The van der Waals surface area contributed by atoms with E-state index >= 15 is 0 Å². The fourth-order valence-corrected chi connectivity index (χ4v) is 1.94. The molecule has 0 aromatic heterocycles. The third-order valence-electron chi connectivity index (χ3n) is 2.00. The number of benzene rings is 1. The normalized spacial score (nSPS) is 9.41. The van der Waals surface area contributed by atoms with E-state index in [-0.39, 0.29) is 18.2 Å². The Labute approximate surface area is 105 Å². The second-order valence-electron chi connectivity index (χ2n) is 3.35. The van der Waals surface area contributed by atoms with Crippen LogP contribution in [0, 0.1) is 12.3 Å². The molecule has 1 rings (SSSR count). The minimum absolute atomic E-state index is 0.0178. The van der Waals surface area contributed by atoms with Crippen molar-refractivity contribution in [3.05, 3.63) is 29.8 Å². The van der Waals surface area contributed by atoms with Gasteiger partial charge in [0, 0.05) is 10.5 Å². The molecule has 0 aliphatic carbocycles. The van der Waals surface area contributed by atoms with Crippen molar-refractivity contribution < 1.29 is 9.59 Å². The van der Waals surface area contributed by atoms with E-state index in [1.165, 1.54) is 18.7 Å². The van der Waals surface area contributed by atoms with Crippen LogP contribution in [0.3, 0.4) is 0 Å². The summed E-state index contributed by atoms with van der Waals surface area (Å²) < 4.78 is 0. The molecular weight excluding hydrogens is 234 g/mol. The fourth-order valence-electron chi connectivity index (χ4n) is 1.15. The van der Waals surface area contributed by atoms with Crippen LogP contribution in [0.15, 0.2) is 29.2 Å². The number of hydrogen-bond donors (Lipinski definition) is 1. The lowest BCUT2D eigenvalue weighted by Crippen LogP contribution is -2.25. The Morgan fingerprint density at radius 1 is 1.47 bits per heavy atom. The van der Waals surface area contributed by atoms with Gasteiger partial charge in [0.15, 0.2) is 5.78 Å². The van der Waals surface area contributed by atoms with Gasteiger partial charge in [-0.05, 0) is 19.1 Å². The van der Waals surface area contributed by atoms with Crippen molar-refractivity contribution >= 4 is 23.5 Å². The molecule has 0 heterocycles. The number of carbonyl (C=O) groups excluding carboxylic acids is 2. The molecule has 0 unspecified atom stereocenters. The van der Waals surface area contributed by atoms with Crippen LogP contribution in [0.25, 0.3) is 0 Å². The van der Waals surface area contributed by atoms with E-state index in [1.807, 2.05) is 6.07 Å². The molecule has 0 aliphatic heterocycles. The van der Waals surface area contributed by atoms with Crippen LogP contribution in [-0.2, 0) is 4.79 Å². The molecule has 1 N–H and O–H groups in total. The maximum atomic E-state index is 11.3. The van der Waals surface area contributed by atoms with Crippen LogP contribution >= 0.6 is 11.8 Å². The number of Topliss-reactive ketones (excluding diaryl/α,β-unsaturated/α-hetero) is 1. The average molecular weight is 247 g/mol. The van der Waals surface area contributed by atoms with Crippen molar-refractivity contribution in [2.24, 2.45) is 0 Å². The van der Waals surface area contributed by atoms with Crippen molar-refractivity contribution in [1.29, 1.82) is 0 Å². The Balaban J connectivity index is 2.52. The van der Waals surface area contributed by atoms with Gasteiger partial charge in [0.1, 0.15) is 0 Å². The summed E-state index contributed by atoms with van der Waals surface area (Å²) in [6.07, 6.45) is 5.03. The van der Waals surface area contributed by atoms with Crippen LogP contribution < -0.4 is 5.32 Å². The van der Waals surface area contributed by atoms with Gasteiger partial charge >= 0.3 is 0 Å². The van der Waals surface area contributed by atoms with Gasteiger partial charge < -0.3 is 5.32 Å². The first-order valence-electron chi connectivity index (χ1n) is 5.07. The maximum Gasteiger partial charge on any atom is 0.231 e. The summed E-state index contributed by atoms with van der Waals surface area (Å²) in [5.41, 5.74) is 0.652. The van der Waals surface area contributed by atoms with Crippen LogP contribution in [0.5, 0.6) is 0 Å². The molecule has 0 radical (unpaired) electrons. The van der Waals surface area contributed by atoms with Gasteiger partial charge in [0.2, 0.25) is 5.91 Å². The van der Waals surface area contributed by atoms with Crippen LogP contribution in [0.4, 0.5) is 0 Å². The summed E-state index contributed by atoms with van der Waals surface area (Å²) in [7, 11) is 0. The molecular formula is C13H13NO2S. The molecule has 0 fully saturated rings. The Morgan fingerprint density at radius 3 is 2.88 bits per heavy atom. The number of terminal acetylenes is 1. The monoisotopic (exact) mass is 247 g/mol. The Morgan fingerprint density at radius 2 is 2.24 bits per heavy atom. The quantitative estimate of drug-likeness (QED) is 0.489. The summed E-state index contributed by atoms with van der Waals surface area (Å²) in [6.45, 7) is 1.76. The first-order chi connectivity index (χ1) is 8.13. The minimum Gasteiger partial charge on any atom is -0.344 e. The fraction of sp³-hybridized carbons (Fsp3) is 0.231. The molecule has 0 aliphatic rings. The van der Waals surface area contributed by atoms with Gasteiger partial charge in [-0.25, -0.2) is 0 Å². The maximum absolute atomic E-state index is 11.3. The largest absolute Gasteiger partial charge is 0.344 e. The van der Waals surface area contributed by atoms with Gasteiger partial charge in [-0.1, -0.05) is 18.1 Å². The Bertz CT molecular complexity index is 463. The van der Waals surface area contributed by atoms with Crippen LogP contribution in [-0.4, -0.2) is 24.0 Å². The molecule has 0 bridgehead atoms. The van der Waals surface area contributed by atoms with Gasteiger partial charge in [-0.2, -0.15) is 0 Å². The zero-order chi connectivity index (χ0) is 12.7. The summed E-state index contributed by atoms with van der Waals surface area (Å²) in [4.78, 5) is 23.4. The Hall–Kier alpha value is -1.73. The van der Waals surface area contributed by atoms with Gasteiger partial charge in [0.05, 0.1) is 12.3 Å². The molecule has 0 saturated carbocycles. The summed E-state index contributed by atoms with van der Waals surface area (Å²) in [6, 6.07) is 7.20. The third kappa shape index (κ3) is 4.75. The van der Waals surface area contributed by atoms with E-state index in [4.69, 9.17) is 6.42 Å². The van der Waals surface area contributed by atoms with Gasteiger partial charge in [-0.15, -0.1) is 18.2 Å². The smallest absolute Gasteiger partial charge is 0.231 e. The lowest BCUT2D eigenvalue weighted by Gasteiger charge is -2.03. The standard InChI is InChI=1S/C13H13NO2S/c1-3-7-14-13(16)9-17-12-6-4-5-11(8-12)10(2)15/h1,4-6,8H,7,9H2,2H3,(H,14,16). The molecule has 0 atom stereocenters. The van der Waals surface area contributed by atoms with Crippen LogP contribution in [0.1, 0.15) is 17.3 Å². The number of hydrogen-bond acceptors (Lipinski definition) is 3. The van der Waals surface area contributed by atoms with E-state index < -0.39 is 0 Å². The molecule has 88 valence electrons. The minimum atomic E-state index is -0.110. The Kier molecular flexibility index (Phi) is 5.31. The third-order valence-corrected chi connectivity index (χ3v) is 2.99. The molecule has 1 aromatic carbocycles. The predicted octanol–water partition coefficient (Wildman–Crippen LogP) is 1.73. The lowest BCUT2D eigenvalue weighted by atomic mass is 10.2. The number of nitrogens with one attached hydrogen (secondary N) is 1. The van der Waals surface area contributed by atoms with Crippen molar-refractivity contribution in [1.82, 2.24) is 5.32 Å². The second-order valence-corrected chi connectivity index (χ2v) is 4.40. The molecule has 1 amide bonds. The SMILES string of the molecule is C#CCNC(=O)CSc1cccc(C(C)=O)c1. The highest BCUT2D eigenvalue weighted by Gasteiger charge is 2.04. The van der Waals surface area contributed by atoms with E-state index in [2.05, 4.69) is 11.2 Å². The lowest BCUT2D eigenvalue weighted by molar-refractivity contribution is -0.118. The first kappa shape index (κ1) is 13.3. The molecule has 4 heteroatoms. The highest BCUT2D eigenvalue weighted by Crippen LogP contribution is 2.19. The molecule has 3 nitrogen and oxygen atoms in total. The number of ketones is 1. The van der Waals surface area contributed by atoms with E-state index in [9.17, 15) is 9.59 Å². The van der Waals surface area contributed by atoms with E-state index in [1.54, 1.807) is 18.2 Å². The zero-order valence-electron chi connectivity index (χ0n) is 9.53. The van der Waals surface area contributed by atoms with Gasteiger partial charge in [-0.3, -0.25) is 9.59 Å². The zero-order valence-corrected chi connectivity index (χ0v) is 10.3. The highest BCUT2D eigenvalue weighted by atomic mass is 32.2. The molecule has 1 aromatic rings. The van der Waals surface area contributed by atoms with Crippen molar-refractivity contribution in [3.63, 3.8) is 0 Å². The topological polar surface area (TPSA) is 46.2 Å².